The summed E-state index contributed by atoms with van der Waals surface area (Å²) in [5.41, 5.74) is 0. The quantitative estimate of drug-likeness (QED) is 0.338. The van der Waals surface area contributed by atoms with E-state index in [1.54, 1.807) is 0 Å². The lowest BCUT2D eigenvalue weighted by Gasteiger charge is -2.08. The van der Waals surface area contributed by atoms with Crippen LogP contribution < -0.4 is 0 Å². The predicted molar refractivity (Wildman–Crippen MR) is 43.6 cm³/mol. The van der Waals surface area contributed by atoms with Gasteiger partial charge in [0.1, 0.15) is 0 Å². The lowest BCUT2D eigenvalue weighted by molar-refractivity contribution is -0.151. The van der Waals surface area contributed by atoms with Crippen LogP contribution in [-0.2, 0) is 19.0 Å². The van der Waals surface area contributed by atoms with Gasteiger partial charge in [-0.15, -0.1) is 0 Å². The van der Waals surface area contributed by atoms with Gasteiger partial charge in [0.25, 0.3) is 0 Å². The normalized spacial score (nSPS) is 11.0. The molecule has 0 heterocycles. The maximum atomic E-state index is 11.1. The van der Waals surface area contributed by atoms with Crippen LogP contribution in [0.15, 0.2) is 12.3 Å². The largest absolute Gasteiger partial charge is 0.501 e. The Balaban J connectivity index is 3.83. The second kappa shape index (κ2) is 6.82. The van der Waals surface area contributed by atoms with Gasteiger partial charge in [0.15, 0.2) is 0 Å². The van der Waals surface area contributed by atoms with Crippen LogP contribution in [0.4, 0.5) is 0 Å². The number of ketones is 1. The molecule has 0 aliphatic heterocycles. The lowest BCUT2D eigenvalue weighted by Crippen LogP contribution is -2.22. The molecule has 0 saturated carbocycles. The van der Waals surface area contributed by atoms with Gasteiger partial charge in [0.05, 0.1) is 12.9 Å². The van der Waals surface area contributed by atoms with Crippen molar-refractivity contribution >= 4 is 5.78 Å². The summed E-state index contributed by atoms with van der Waals surface area (Å²) in [7, 11) is 2.81. The van der Waals surface area contributed by atoms with E-state index < -0.39 is 6.29 Å². The van der Waals surface area contributed by atoms with Crippen molar-refractivity contribution in [3.05, 3.63) is 12.3 Å². The minimum atomic E-state index is -0.832. The number of carbonyl (C=O) groups excluding carboxylic acids is 1. The van der Waals surface area contributed by atoms with Gasteiger partial charge >= 0.3 is 0 Å². The molecular weight excluding hydrogens is 160 g/mol. The second-order valence-electron chi connectivity index (χ2n) is 1.96. The van der Waals surface area contributed by atoms with Gasteiger partial charge in [-0.25, -0.2) is 0 Å². The molecule has 0 aromatic heterocycles. The zero-order valence-electron chi connectivity index (χ0n) is 7.57. The maximum Gasteiger partial charge on any atom is 0.221 e. The number of hydrogen-bond donors (Lipinski definition) is 0. The number of methoxy groups -OCH3 is 2. The number of carbonyl (C=O) groups is 1. The molecule has 0 spiro atoms. The lowest BCUT2D eigenvalue weighted by atomic mass is 10.4. The molecule has 4 nitrogen and oxygen atoms in total. The fourth-order valence-corrected chi connectivity index (χ4v) is 0.618. The van der Waals surface area contributed by atoms with E-state index in [0.29, 0.717) is 6.61 Å². The number of hydrogen-bond acceptors (Lipinski definition) is 4. The van der Waals surface area contributed by atoms with E-state index in [-0.39, 0.29) is 5.78 Å². The highest BCUT2D eigenvalue weighted by Gasteiger charge is 2.12. The molecule has 70 valence electrons. The van der Waals surface area contributed by atoms with Gasteiger partial charge < -0.3 is 14.2 Å². The van der Waals surface area contributed by atoms with Crippen LogP contribution in [0.25, 0.3) is 0 Å². The fraction of sp³-hybridized carbons (Fsp3) is 0.625. The Kier molecular flexibility index (Phi) is 6.32. The summed E-state index contributed by atoms with van der Waals surface area (Å²) in [6, 6.07) is 0. The summed E-state index contributed by atoms with van der Waals surface area (Å²) in [4.78, 5) is 11.1. The Labute approximate surface area is 72.1 Å². The molecule has 0 aliphatic rings. The van der Waals surface area contributed by atoms with Gasteiger partial charge in [0.2, 0.25) is 12.1 Å². The number of ether oxygens (including phenoxy) is 3. The predicted octanol–water partition coefficient (Wildman–Crippen LogP) is 0.725. The van der Waals surface area contributed by atoms with Gasteiger partial charge in [-0.1, -0.05) is 0 Å². The molecule has 0 aliphatic carbocycles. The van der Waals surface area contributed by atoms with Crippen LogP contribution in [0.1, 0.15) is 6.92 Å². The van der Waals surface area contributed by atoms with Crippen molar-refractivity contribution in [1.82, 2.24) is 0 Å². The first-order valence-electron chi connectivity index (χ1n) is 3.63. The SMILES string of the molecule is CCO/C=C/C(=O)C(OC)OC. The van der Waals surface area contributed by atoms with Crippen LogP contribution in [-0.4, -0.2) is 32.9 Å². The molecule has 0 atom stereocenters. The molecule has 0 amide bonds. The monoisotopic (exact) mass is 174 g/mol. The molecule has 0 unspecified atom stereocenters. The van der Waals surface area contributed by atoms with Crippen LogP contribution in [0, 0.1) is 0 Å². The van der Waals surface area contributed by atoms with Crippen molar-refractivity contribution in [2.75, 3.05) is 20.8 Å². The van der Waals surface area contributed by atoms with Gasteiger partial charge in [-0.2, -0.15) is 0 Å². The zero-order valence-corrected chi connectivity index (χ0v) is 7.57. The van der Waals surface area contributed by atoms with E-state index in [2.05, 4.69) is 0 Å². The molecule has 0 saturated heterocycles. The summed E-state index contributed by atoms with van der Waals surface area (Å²) in [5.74, 6) is -0.270. The summed E-state index contributed by atoms with van der Waals surface area (Å²) < 4.78 is 14.3. The fourth-order valence-electron chi connectivity index (χ4n) is 0.618. The number of rotatable bonds is 6. The summed E-state index contributed by atoms with van der Waals surface area (Å²) in [6.45, 7) is 2.37. The third kappa shape index (κ3) is 4.10. The maximum absolute atomic E-state index is 11.1. The molecule has 0 fully saturated rings. The molecule has 0 rings (SSSR count). The van der Waals surface area contributed by atoms with E-state index in [9.17, 15) is 4.79 Å². The van der Waals surface area contributed by atoms with Gasteiger partial charge in [-0.3, -0.25) is 4.79 Å². The first-order valence-corrected chi connectivity index (χ1v) is 3.63. The van der Waals surface area contributed by atoms with Crippen molar-refractivity contribution in [2.24, 2.45) is 0 Å². The summed E-state index contributed by atoms with van der Waals surface area (Å²) in [6.07, 6.45) is 1.77. The molecule has 0 radical (unpaired) electrons. The summed E-state index contributed by atoms with van der Waals surface area (Å²) >= 11 is 0. The first kappa shape index (κ1) is 11.1. The Bertz CT molecular complexity index is 149. The topological polar surface area (TPSA) is 44.8 Å². The molecule has 0 aromatic carbocycles. The molecule has 12 heavy (non-hydrogen) atoms. The van der Waals surface area contributed by atoms with Crippen molar-refractivity contribution in [1.29, 1.82) is 0 Å². The third-order valence-electron chi connectivity index (χ3n) is 1.16. The van der Waals surface area contributed by atoms with E-state index in [1.807, 2.05) is 6.92 Å². The summed E-state index contributed by atoms with van der Waals surface area (Å²) in [5, 5.41) is 0. The minimum absolute atomic E-state index is 0.270. The third-order valence-corrected chi connectivity index (χ3v) is 1.16. The van der Waals surface area contributed by atoms with Gasteiger partial charge in [-0.05, 0) is 6.92 Å². The molecule has 0 N–H and O–H groups in total. The molecular formula is C8H14O4. The minimum Gasteiger partial charge on any atom is -0.501 e. The Hall–Kier alpha value is -0.870. The Morgan fingerprint density at radius 3 is 2.42 bits per heavy atom. The van der Waals surface area contributed by atoms with Crippen LogP contribution in [0.2, 0.25) is 0 Å². The van der Waals surface area contributed by atoms with E-state index in [1.165, 1.54) is 26.6 Å². The molecule has 0 bridgehead atoms. The second-order valence-corrected chi connectivity index (χ2v) is 1.96. The van der Waals surface area contributed by atoms with Crippen molar-refractivity contribution < 1.29 is 19.0 Å². The zero-order chi connectivity index (χ0) is 9.40. The van der Waals surface area contributed by atoms with Crippen molar-refractivity contribution in [2.45, 2.75) is 13.2 Å². The van der Waals surface area contributed by atoms with Crippen LogP contribution in [0.5, 0.6) is 0 Å². The van der Waals surface area contributed by atoms with Gasteiger partial charge in [0, 0.05) is 20.3 Å². The average Bonchev–Trinajstić information content (AvgIpc) is 2.07. The smallest absolute Gasteiger partial charge is 0.221 e. The van der Waals surface area contributed by atoms with E-state index in [0.717, 1.165) is 0 Å². The van der Waals surface area contributed by atoms with E-state index >= 15 is 0 Å². The molecule has 0 aromatic rings. The molecule has 4 heteroatoms. The first-order chi connectivity index (χ1) is 5.76. The van der Waals surface area contributed by atoms with Crippen molar-refractivity contribution in [3.63, 3.8) is 0 Å². The Morgan fingerprint density at radius 1 is 1.42 bits per heavy atom. The highest BCUT2D eigenvalue weighted by molar-refractivity contribution is 5.92. The Morgan fingerprint density at radius 2 is 2.00 bits per heavy atom. The average molecular weight is 174 g/mol. The standard InChI is InChI=1S/C8H14O4/c1-4-12-6-5-7(9)8(10-2)11-3/h5-6,8H,4H2,1-3H3/b6-5+. The van der Waals surface area contributed by atoms with Crippen molar-refractivity contribution in [3.8, 4) is 0 Å². The highest BCUT2D eigenvalue weighted by Crippen LogP contribution is 1.94. The van der Waals surface area contributed by atoms with Crippen LogP contribution in [0.3, 0.4) is 0 Å². The van der Waals surface area contributed by atoms with Crippen LogP contribution >= 0.6 is 0 Å². The highest BCUT2D eigenvalue weighted by atomic mass is 16.7. The van der Waals surface area contributed by atoms with E-state index in [4.69, 9.17) is 14.2 Å².